The fraction of sp³-hybridized carbons (Fsp3) is 0.639. The van der Waals surface area contributed by atoms with Gasteiger partial charge in [-0.25, -0.2) is 8.42 Å². The van der Waals surface area contributed by atoms with Gasteiger partial charge < -0.3 is 18.8 Å². The van der Waals surface area contributed by atoms with Crippen LogP contribution in [0, 0.1) is 24.2 Å². The van der Waals surface area contributed by atoms with Gasteiger partial charge >= 0.3 is 12.0 Å². The number of carbonyl (C=O) groups excluding carboxylic acids is 4. The number of nitrogens with one attached hydrogen (secondary N) is 1. The Morgan fingerprint density at radius 2 is 1.90 bits per heavy atom. The maximum absolute atomic E-state index is 14.4. The summed E-state index contributed by atoms with van der Waals surface area (Å²) in [5.74, 6) is -2.87. The normalized spacial score (nSPS) is 28.9. The molecule has 0 unspecified atom stereocenters. The van der Waals surface area contributed by atoms with Crippen LogP contribution in [0.1, 0.15) is 97.0 Å². The molecule has 266 valence electrons. The van der Waals surface area contributed by atoms with Gasteiger partial charge in [-0.1, -0.05) is 31.1 Å². The standard InChI is InChI=1S/C36H47N3O9S/c1-22-12-15-30-27(16-22)37-34(47-30)46-25-18-28-29(40)20-36(33(43)38-49(44,45)26-13-14-26)19-24(36)11-9-7-5-6-8-10-23(32(42)39(28)21-25)17-31(41)48-35(2,3)4/h9,11-12,15-16,23-26,28H,5-8,10,13-14,17-21H2,1-4H3,(H,38,43)/b11-9-/t23-,24+,25-,28+,36-/m1/s1. The van der Waals surface area contributed by atoms with Crippen molar-refractivity contribution >= 4 is 44.7 Å². The highest BCUT2D eigenvalue weighted by Crippen LogP contribution is 2.57. The minimum Gasteiger partial charge on any atom is -0.460 e. The second-order valence-electron chi connectivity index (χ2n) is 15.3. The fourth-order valence-corrected chi connectivity index (χ4v) is 8.50. The van der Waals surface area contributed by atoms with E-state index in [1.54, 1.807) is 26.8 Å². The van der Waals surface area contributed by atoms with Crippen molar-refractivity contribution in [3.63, 3.8) is 0 Å². The third-order valence-electron chi connectivity index (χ3n) is 9.96. The number of benzene rings is 1. The Morgan fingerprint density at radius 1 is 1.12 bits per heavy atom. The Morgan fingerprint density at radius 3 is 2.63 bits per heavy atom. The quantitative estimate of drug-likeness (QED) is 0.310. The van der Waals surface area contributed by atoms with Crippen LogP contribution in [0.4, 0.5) is 0 Å². The van der Waals surface area contributed by atoms with E-state index >= 15 is 0 Å². The van der Waals surface area contributed by atoms with Crippen LogP contribution in [0.15, 0.2) is 34.8 Å². The van der Waals surface area contributed by atoms with Crippen LogP contribution in [-0.2, 0) is 33.9 Å². The van der Waals surface area contributed by atoms with Crippen LogP contribution in [-0.4, -0.2) is 71.4 Å². The van der Waals surface area contributed by atoms with Crippen molar-refractivity contribution in [1.29, 1.82) is 0 Å². The average Bonchev–Trinajstić information content (AvgIpc) is 3.90. The molecule has 0 bridgehead atoms. The molecule has 2 amide bonds. The van der Waals surface area contributed by atoms with E-state index in [4.69, 9.17) is 13.9 Å². The molecule has 5 atom stereocenters. The number of esters is 1. The smallest absolute Gasteiger partial charge is 0.394 e. The summed E-state index contributed by atoms with van der Waals surface area (Å²) < 4.78 is 45.4. The Hall–Kier alpha value is -3.74. The second-order valence-corrected chi connectivity index (χ2v) is 17.2. The topological polar surface area (TPSA) is 162 Å². The van der Waals surface area contributed by atoms with Crippen LogP contribution in [0.2, 0.25) is 0 Å². The van der Waals surface area contributed by atoms with Crippen LogP contribution in [0.5, 0.6) is 6.08 Å². The number of carbonyl (C=O) groups is 4. The van der Waals surface area contributed by atoms with Crippen LogP contribution >= 0.6 is 0 Å². The molecule has 3 heterocycles. The van der Waals surface area contributed by atoms with Gasteiger partial charge in [-0.3, -0.25) is 23.9 Å². The van der Waals surface area contributed by atoms with E-state index in [0.29, 0.717) is 43.2 Å². The Balaban J connectivity index is 1.28. The van der Waals surface area contributed by atoms with Crippen LogP contribution in [0.3, 0.4) is 0 Å². The van der Waals surface area contributed by atoms with Crippen molar-refractivity contribution in [2.75, 3.05) is 6.54 Å². The van der Waals surface area contributed by atoms with Crippen molar-refractivity contribution < 1.29 is 41.5 Å². The zero-order valence-electron chi connectivity index (χ0n) is 28.7. The van der Waals surface area contributed by atoms with Gasteiger partial charge in [0, 0.05) is 18.8 Å². The maximum Gasteiger partial charge on any atom is 0.394 e. The Labute approximate surface area is 287 Å². The number of oxazole rings is 1. The minimum atomic E-state index is -3.83. The third kappa shape index (κ3) is 8.19. The summed E-state index contributed by atoms with van der Waals surface area (Å²) in [7, 11) is -3.83. The van der Waals surface area contributed by atoms with E-state index in [9.17, 15) is 27.6 Å². The van der Waals surface area contributed by atoms with Crippen molar-refractivity contribution in [2.45, 2.75) is 121 Å². The third-order valence-corrected chi connectivity index (χ3v) is 11.8. The number of Topliss-reactive ketones (excluding diaryl/α,β-unsaturated/α-hetero) is 1. The number of hydrogen-bond acceptors (Lipinski definition) is 10. The van der Waals surface area contributed by atoms with Gasteiger partial charge in [0.2, 0.25) is 21.8 Å². The van der Waals surface area contributed by atoms with E-state index in [2.05, 4.69) is 9.71 Å². The molecule has 6 rings (SSSR count). The number of ether oxygens (including phenoxy) is 2. The summed E-state index contributed by atoms with van der Waals surface area (Å²) in [5, 5.41) is -0.586. The predicted octanol–water partition coefficient (Wildman–Crippen LogP) is 4.93. The number of rotatable bonds is 7. The van der Waals surface area contributed by atoms with Crippen molar-refractivity contribution in [1.82, 2.24) is 14.6 Å². The molecule has 1 aromatic heterocycles. The first-order valence-corrected chi connectivity index (χ1v) is 19.0. The number of nitrogens with zero attached hydrogens (tertiary/aromatic N) is 2. The number of aromatic nitrogens is 1. The van der Waals surface area contributed by atoms with E-state index in [0.717, 1.165) is 24.8 Å². The summed E-state index contributed by atoms with van der Waals surface area (Å²) in [6.07, 6.45) is 7.98. The van der Waals surface area contributed by atoms with Crippen molar-refractivity contribution in [3.8, 4) is 6.08 Å². The highest BCUT2D eigenvalue weighted by atomic mass is 32.2. The molecule has 1 saturated heterocycles. The molecule has 12 nitrogen and oxygen atoms in total. The summed E-state index contributed by atoms with van der Waals surface area (Å²) >= 11 is 0. The molecular formula is C36H47N3O9S. The van der Waals surface area contributed by atoms with Crippen molar-refractivity contribution in [3.05, 3.63) is 35.9 Å². The number of fused-ring (bicyclic) bond motifs is 3. The van der Waals surface area contributed by atoms with Gasteiger partial charge in [0.05, 0.1) is 29.7 Å². The number of hydrogen-bond donors (Lipinski definition) is 1. The first kappa shape index (κ1) is 35.1. The summed E-state index contributed by atoms with van der Waals surface area (Å²) in [6.45, 7) is 7.31. The molecule has 2 aliphatic heterocycles. The molecule has 2 aliphatic carbocycles. The number of amides is 2. The highest BCUT2D eigenvalue weighted by molar-refractivity contribution is 7.90. The molecule has 49 heavy (non-hydrogen) atoms. The number of aryl methyl sites for hydroxylation is 1. The lowest BCUT2D eigenvalue weighted by atomic mass is 9.90. The molecule has 1 aromatic carbocycles. The van der Waals surface area contributed by atoms with E-state index < -0.39 is 56.2 Å². The van der Waals surface area contributed by atoms with E-state index in [1.807, 2.05) is 31.2 Å². The zero-order valence-corrected chi connectivity index (χ0v) is 29.6. The molecule has 1 N–H and O–H groups in total. The zero-order chi connectivity index (χ0) is 35.1. The highest BCUT2D eigenvalue weighted by Gasteiger charge is 2.61. The van der Waals surface area contributed by atoms with Gasteiger partial charge in [0.15, 0.2) is 11.4 Å². The predicted molar refractivity (Wildman–Crippen MR) is 180 cm³/mol. The molecule has 2 saturated carbocycles. The molecule has 4 aliphatic rings. The van der Waals surface area contributed by atoms with Crippen molar-refractivity contribution in [2.24, 2.45) is 17.3 Å². The molecule has 3 fully saturated rings. The van der Waals surface area contributed by atoms with E-state index in [1.165, 1.54) is 4.90 Å². The largest absolute Gasteiger partial charge is 0.460 e. The molecule has 13 heteroatoms. The Kier molecular flexibility index (Phi) is 9.69. The molecule has 0 radical (unpaired) electrons. The van der Waals surface area contributed by atoms with Gasteiger partial charge in [-0.05, 0) is 89.8 Å². The fourth-order valence-electron chi connectivity index (χ4n) is 7.11. The maximum atomic E-state index is 14.4. The Bertz CT molecular complexity index is 1760. The first-order valence-electron chi connectivity index (χ1n) is 17.5. The average molecular weight is 698 g/mol. The minimum absolute atomic E-state index is 0.0204. The summed E-state index contributed by atoms with van der Waals surface area (Å²) in [6, 6.07) is 4.61. The van der Waals surface area contributed by atoms with Gasteiger partial charge in [0.25, 0.3) is 0 Å². The lowest BCUT2D eigenvalue weighted by Gasteiger charge is -2.29. The molecular weight excluding hydrogens is 650 g/mol. The first-order chi connectivity index (χ1) is 23.1. The summed E-state index contributed by atoms with van der Waals surface area (Å²) in [5.41, 5.74) is 0.215. The number of ketones is 1. The lowest BCUT2D eigenvalue weighted by Crippen LogP contribution is -2.46. The van der Waals surface area contributed by atoms with Crippen LogP contribution in [0.25, 0.3) is 11.1 Å². The molecule has 0 spiro atoms. The van der Waals surface area contributed by atoms with Gasteiger partial charge in [0.1, 0.15) is 17.2 Å². The molecule has 2 aromatic rings. The lowest BCUT2D eigenvalue weighted by molar-refractivity contribution is -0.159. The second kappa shape index (κ2) is 13.5. The SMILES string of the molecule is Cc1ccc2oc(O[C@@H]3C[C@H]4C(=O)C[C@]5(C(=O)NS(=O)(=O)C6CC6)C[C@@H]5/C=C\CCCCC[C@H](CC(=O)OC(C)(C)C)C(=O)N4C3)nc2c1. The van der Waals surface area contributed by atoms with Gasteiger partial charge in [-0.2, -0.15) is 4.98 Å². The monoisotopic (exact) mass is 697 g/mol. The summed E-state index contributed by atoms with van der Waals surface area (Å²) in [4.78, 5) is 61.2. The van der Waals surface area contributed by atoms with Crippen LogP contribution < -0.4 is 9.46 Å². The van der Waals surface area contributed by atoms with Gasteiger partial charge in [-0.15, -0.1) is 0 Å². The number of sulfonamides is 1. The number of allylic oxidation sites excluding steroid dienone is 2. The van der Waals surface area contributed by atoms with E-state index in [-0.39, 0.29) is 49.5 Å².